The molecule has 0 aliphatic carbocycles. The van der Waals surface area contributed by atoms with Gasteiger partial charge in [-0.1, -0.05) is 23.7 Å². The Morgan fingerprint density at radius 3 is 2.42 bits per heavy atom. The fourth-order valence-corrected chi connectivity index (χ4v) is 4.56. The molecular weight excluding hydrogens is 376 g/mol. The van der Waals surface area contributed by atoms with Gasteiger partial charge in [0.15, 0.2) is 0 Å². The van der Waals surface area contributed by atoms with Gasteiger partial charge in [0.25, 0.3) is 0 Å². The molecule has 1 aromatic carbocycles. The number of esters is 1. The summed E-state index contributed by atoms with van der Waals surface area (Å²) < 4.78 is 34.7. The molecule has 26 heavy (non-hydrogen) atoms. The molecule has 0 atom stereocenters. The second kappa shape index (κ2) is 8.24. The maximum atomic E-state index is 12.8. The minimum atomic E-state index is -3.75. The summed E-state index contributed by atoms with van der Waals surface area (Å²) in [7, 11) is -2.10. The molecule has 1 N–H and O–H groups in total. The monoisotopic (exact) mass is 398 g/mol. The fourth-order valence-electron chi connectivity index (χ4n) is 2.89. The van der Waals surface area contributed by atoms with Gasteiger partial charge in [-0.3, -0.25) is 0 Å². The number of hydrogen-bond donors (Lipinski definition) is 1. The molecule has 1 aromatic heterocycles. The van der Waals surface area contributed by atoms with Crippen LogP contribution in [0.2, 0.25) is 5.02 Å². The maximum Gasteiger partial charge on any atom is 0.355 e. The first-order chi connectivity index (χ1) is 12.2. The molecule has 6 nitrogen and oxygen atoms in total. The first-order valence-corrected chi connectivity index (χ1v) is 10.1. The van der Waals surface area contributed by atoms with Crippen LogP contribution in [-0.4, -0.2) is 32.1 Å². The van der Waals surface area contributed by atoms with Crippen LogP contribution in [0.4, 0.5) is 0 Å². The van der Waals surface area contributed by atoms with Crippen LogP contribution in [0.15, 0.2) is 29.2 Å². The van der Waals surface area contributed by atoms with Crippen molar-refractivity contribution in [2.45, 2.75) is 32.1 Å². The first-order valence-electron chi connectivity index (χ1n) is 8.26. The van der Waals surface area contributed by atoms with Crippen LogP contribution in [-0.2, 0) is 28.2 Å². The van der Waals surface area contributed by atoms with E-state index < -0.39 is 16.0 Å². The average molecular weight is 399 g/mol. The lowest BCUT2D eigenvalue weighted by Crippen LogP contribution is -2.27. The molecule has 0 saturated carbocycles. The molecule has 0 aliphatic heterocycles. The molecule has 0 amide bonds. The van der Waals surface area contributed by atoms with Gasteiger partial charge in [0.05, 0.1) is 6.61 Å². The zero-order chi connectivity index (χ0) is 19.5. The van der Waals surface area contributed by atoms with E-state index in [-0.39, 0.29) is 23.7 Å². The lowest BCUT2D eigenvalue weighted by molar-refractivity contribution is 0.0514. The minimum absolute atomic E-state index is 0.124. The lowest BCUT2D eigenvalue weighted by atomic mass is 10.2. The summed E-state index contributed by atoms with van der Waals surface area (Å²) >= 11 is 5.85. The summed E-state index contributed by atoms with van der Waals surface area (Å²) in [5.74, 6) is -0.529. The number of nitrogens with zero attached hydrogens (tertiary/aromatic N) is 1. The number of hydrogen-bond acceptors (Lipinski definition) is 4. The molecule has 8 heteroatoms. The summed E-state index contributed by atoms with van der Waals surface area (Å²) in [6.45, 7) is 5.46. The molecule has 142 valence electrons. The van der Waals surface area contributed by atoms with E-state index in [1.165, 1.54) is 0 Å². The van der Waals surface area contributed by atoms with Gasteiger partial charge in [-0.05, 0) is 44.9 Å². The Balaban J connectivity index is 2.21. The third kappa shape index (κ3) is 4.28. The second-order valence-corrected chi connectivity index (χ2v) is 8.08. The van der Waals surface area contributed by atoms with Crippen molar-refractivity contribution in [3.05, 3.63) is 51.8 Å². The Morgan fingerprint density at radius 2 is 1.85 bits per heavy atom. The van der Waals surface area contributed by atoms with Crippen molar-refractivity contribution < 1.29 is 17.9 Å². The highest BCUT2D eigenvalue weighted by Gasteiger charge is 2.29. The summed E-state index contributed by atoms with van der Waals surface area (Å²) in [6, 6.07) is 7.24. The van der Waals surface area contributed by atoms with Crippen LogP contribution in [0.1, 0.15) is 34.2 Å². The van der Waals surface area contributed by atoms with Crippen molar-refractivity contribution in [2.75, 3.05) is 13.2 Å². The van der Waals surface area contributed by atoms with E-state index in [1.807, 2.05) is 12.1 Å². The number of ether oxygens (including phenoxy) is 1. The van der Waals surface area contributed by atoms with Crippen molar-refractivity contribution in [3.63, 3.8) is 0 Å². The molecule has 0 radical (unpaired) electrons. The quantitative estimate of drug-likeness (QED) is 0.727. The second-order valence-electron chi connectivity index (χ2n) is 5.94. The molecule has 0 spiro atoms. The number of carbonyl (C=O) groups excluding carboxylic acids is 1. The summed E-state index contributed by atoms with van der Waals surface area (Å²) in [5.41, 5.74) is 2.11. The van der Waals surface area contributed by atoms with Crippen molar-refractivity contribution >= 4 is 27.6 Å². The van der Waals surface area contributed by atoms with Gasteiger partial charge in [-0.2, -0.15) is 0 Å². The molecule has 0 fully saturated rings. The third-order valence-electron chi connectivity index (χ3n) is 4.22. The highest BCUT2D eigenvalue weighted by Crippen LogP contribution is 2.26. The number of nitrogens with one attached hydrogen (secondary N) is 1. The van der Waals surface area contributed by atoms with Crippen LogP contribution < -0.4 is 4.72 Å². The minimum Gasteiger partial charge on any atom is -0.461 e. The largest absolute Gasteiger partial charge is 0.461 e. The SMILES string of the molecule is CCOC(=O)c1c(C)c(S(=O)(=O)NCCc2ccc(Cl)cc2)c(C)n1C. The van der Waals surface area contributed by atoms with Gasteiger partial charge in [-0.15, -0.1) is 0 Å². The van der Waals surface area contributed by atoms with Gasteiger partial charge in [-0.25, -0.2) is 17.9 Å². The number of halogens is 1. The lowest BCUT2D eigenvalue weighted by Gasteiger charge is -2.08. The van der Waals surface area contributed by atoms with Crippen molar-refractivity contribution in [3.8, 4) is 0 Å². The summed E-state index contributed by atoms with van der Waals surface area (Å²) in [4.78, 5) is 12.3. The topological polar surface area (TPSA) is 77.4 Å². The smallest absolute Gasteiger partial charge is 0.355 e. The predicted molar refractivity (Wildman–Crippen MR) is 101 cm³/mol. The molecule has 0 saturated heterocycles. The van der Waals surface area contributed by atoms with Gasteiger partial charge in [0.2, 0.25) is 10.0 Å². The summed E-state index contributed by atoms with van der Waals surface area (Å²) in [5, 5.41) is 0.636. The molecule has 2 aromatic rings. The molecule has 1 heterocycles. The third-order valence-corrected chi connectivity index (χ3v) is 6.19. The normalized spacial score (nSPS) is 11.6. The predicted octanol–water partition coefficient (Wildman–Crippen LogP) is 2.99. The zero-order valence-corrected chi connectivity index (χ0v) is 16.9. The van der Waals surface area contributed by atoms with Crippen LogP contribution in [0.5, 0.6) is 0 Å². The highest BCUT2D eigenvalue weighted by molar-refractivity contribution is 7.89. The van der Waals surface area contributed by atoms with Crippen molar-refractivity contribution in [1.82, 2.24) is 9.29 Å². The Bertz CT molecular complexity index is 902. The molecule has 0 unspecified atom stereocenters. The van der Waals surface area contributed by atoms with E-state index in [2.05, 4.69) is 4.72 Å². The van der Waals surface area contributed by atoms with Crippen LogP contribution in [0.3, 0.4) is 0 Å². The Hall–Kier alpha value is -1.83. The zero-order valence-electron chi connectivity index (χ0n) is 15.3. The molecule has 2 rings (SSSR count). The average Bonchev–Trinajstić information content (AvgIpc) is 2.79. The molecular formula is C18H23ClN2O4S. The van der Waals surface area contributed by atoms with E-state index in [4.69, 9.17) is 16.3 Å². The van der Waals surface area contributed by atoms with E-state index in [0.29, 0.717) is 22.7 Å². The fraction of sp³-hybridized carbons (Fsp3) is 0.389. The van der Waals surface area contributed by atoms with Crippen molar-refractivity contribution in [2.24, 2.45) is 7.05 Å². The van der Waals surface area contributed by atoms with Crippen LogP contribution in [0, 0.1) is 13.8 Å². The van der Waals surface area contributed by atoms with Gasteiger partial charge >= 0.3 is 5.97 Å². The van der Waals surface area contributed by atoms with Crippen LogP contribution >= 0.6 is 11.6 Å². The highest BCUT2D eigenvalue weighted by atomic mass is 35.5. The standard InChI is InChI=1S/C18H23ClN2O4S/c1-5-25-18(22)16-12(2)17(13(3)21(16)4)26(23,24)20-11-10-14-6-8-15(19)9-7-14/h6-9,20H,5,10-11H2,1-4H3. The number of rotatable bonds is 7. The number of aromatic nitrogens is 1. The van der Waals surface area contributed by atoms with E-state index in [9.17, 15) is 13.2 Å². The number of benzene rings is 1. The Labute approximate surface area is 159 Å². The van der Waals surface area contributed by atoms with E-state index >= 15 is 0 Å². The van der Waals surface area contributed by atoms with Gasteiger partial charge in [0.1, 0.15) is 10.6 Å². The van der Waals surface area contributed by atoms with Crippen molar-refractivity contribution in [1.29, 1.82) is 0 Å². The first kappa shape index (κ1) is 20.5. The molecule has 0 bridgehead atoms. The Morgan fingerprint density at radius 1 is 1.23 bits per heavy atom. The van der Waals surface area contributed by atoms with Gasteiger partial charge in [0, 0.05) is 29.9 Å². The Kier molecular flexibility index (Phi) is 6.49. The van der Waals surface area contributed by atoms with E-state index in [1.54, 1.807) is 44.5 Å². The summed E-state index contributed by atoms with van der Waals surface area (Å²) in [6.07, 6.45) is 0.534. The number of sulfonamides is 1. The number of carbonyl (C=O) groups is 1. The van der Waals surface area contributed by atoms with Crippen LogP contribution in [0.25, 0.3) is 0 Å². The maximum absolute atomic E-state index is 12.8. The van der Waals surface area contributed by atoms with Gasteiger partial charge < -0.3 is 9.30 Å². The molecule has 0 aliphatic rings. The van der Waals surface area contributed by atoms with E-state index in [0.717, 1.165) is 5.56 Å².